The molecule has 0 spiro atoms. The van der Waals surface area contributed by atoms with E-state index in [2.05, 4.69) is 20.6 Å². The summed E-state index contributed by atoms with van der Waals surface area (Å²) in [5.74, 6) is 0.693. The van der Waals surface area contributed by atoms with Crippen molar-refractivity contribution < 1.29 is 18.6 Å². The topological polar surface area (TPSA) is 104 Å². The SMILES string of the molecule is CC1(CN)OCCO1.Fc1ccc(-c2cc(NC3CCCCC3)ncc2Cl)nc1NCC1CCOCC1. The van der Waals surface area contributed by atoms with Crippen LogP contribution in [0, 0.1) is 11.7 Å². The fraction of sp³-hybridized carbons (Fsp3) is 0.630. The smallest absolute Gasteiger partial charge is 0.177 e. The number of aromatic nitrogens is 2. The summed E-state index contributed by atoms with van der Waals surface area (Å²) in [6, 6.07) is 5.47. The van der Waals surface area contributed by atoms with Crippen molar-refractivity contribution in [2.24, 2.45) is 11.7 Å². The summed E-state index contributed by atoms with van der Waals surface area (Å²) < 4.78 is 30.0. The molecule has 2 aliphatic heterocycles. The first kappa shape index (κ1) is 28.0. The maximum absolute atomic E-state index is 14.3. The predicted molar refractivity (Wildman–Crippen MR) is 144 cm³/mol. The predicted octanol–water partition coefficient (Wildman–Crippen LogP) is 5.23. The molecular formula is C27H39ClFN5O3. The van der Waals surface area contributed by atoms with Crippen molar-refractivity contribution in [2.75, 3.05) is 50.2 Å². The van der Waals surface area contributed by atoms with Gasteiger partial charge in [-0.2, -0.15) is 0 Å². The maximum Gasteiger partial charge on any atom is 0.177 e. The lowest BCUT2D eigenvalue weighted by atomic mass is 9.95. The number of halogens is 2. The fourth-order valence-electron chi connectivity index (χ4n) is 4.75. The van der Waals surface area contributed by atoms with Gasteiger partial charge in [-0.15, -0.1) is 0 Å². The summed E-state index contributed by atoms with van der Waals surface area (Å²) in [5, 5.41) is 7.20. The molecule has 3 fully saturated rings. The van der Waals surface area contributed by atoms with Crippen LogP contribution in [-0.2, 0) is 14.2 Å². The zero-order chi connectivity index (χ0) is 26.1. The highest BCUT2D eigenvalue weighted by Crippen LogP contribution is 2.31. The summed E-state index contributed by atoms with van der Waals surface area (Å²) >= 11 is 6.41. The summed E-state index contributed by atoms with van der Waals surface area (Å²) in [7, 11) is 0. The van der Waals surface area contributed by atoms with Crippen LogP contribution in [0.3, 0.4) is 0 Å². The van der Waals surface area contributed by atoms with E-state index in [1.54, 1.807) is 12.3 Å². The molecule has 2 aromatic rings. The second kappa shape index (κ2) is 13.7. The molecule has 0 unspecified atom stereocenters. The summed E-state index contributed by atoms with van der Waals surface area (Å²) in [4.78, 5) is 8.94. The summed E-state index contributed by atoms with van der Waals surface area (Å²) in [6.45, 7) is 5.86. The average Bonchev–Trinajstić information content (AvgIpc) is 3.38. The number of ether oxygens (including phenoxy) is 3. The van der Waals surface area contributed by atoms with Crippen molar-refractivity contribution in [3.05, 3.63) is 35.2 Å². The van der Waals surface area contributed by atoms with Gasteiger partial charge in [-0.25, -0.2) is 14.4 Å². The third-order valence-electron chi connectivity index (χ3n) is 7.10. The van der Waals surface area contributed by atoms with Crippen molar-refractivity contribution in [3.8, 4) is 11.3 Å². The van der Waals surface area contributed by atoms with E-state index < -0.39 is 5.79 Å². The Kier molecular flexibility index (Phi) is 10.3. The van der Waals surface area contributed by atoms with Crippen LogP contribution in [0.25, 0.3) is 11.3 Å². The molecule has 0 aromatic carbocycles. The minimum Gasteiger partial charge on any atom is -0.381 e. The molecule has 5 rings (SSSR count). The second-order valence-electron chi connectivity index (χ2n) is 10.0. The van der Waals surface area contributed by atoms with Crippen molar-refractivity contribution in [1.29, 1.82) is 0 Å². The Balaban J connectivity index is 0.000000342. The molecule has 0 atom stereocenters. The third-order valence-corrected chi connectivity index (χ3v) is 7.40. The second-order valence-corrected chi connectivity index (χ2v) is 10.4. The Bertz CT molecular complexity index is 996. The standard InChI is InChI=1S/C22H28ClFN4O.C5H11NO2/c23-18-14-25-21(27-16-4-2-1-3-5-16)12-17(18)20-7-6-19(24)22(28-20)26-13-15-8-10-29-11-9-15;1-5(4-6)7-2-3-8-5/h6-7,12,14-16H,1-5,8-11,13H2,(H,25,27)(H,26,28);2-4,6H2,1H3. The Morgan fingerprint density at radius 1 is 1.08 bits per heavy atom. The highest BCUT2D eigenvalue weighted by atomic mass is 35.5. The van der Waals surface area contributed by atoms with E-state index in [4.69, 9.17) is 31.5 Å². The molecule has 10 heteroatoms. The van der Waals surface area contributed by atoms with Gasteiger partial charge in [-0.05, 0) is 56.7 Å². The normalized spacial score (nSPS) is 20.2. The fourth-order valence-corrected chi connectivity index (χ4v) is 4.95. The van der Waals surface area contributed by atoms with Gasteiger partial charge >= 0.3 is 0 Å². The van der Waals surface area contributed by atoms with Gasteiger partial charge in [0.2, 0.25) is 0 Å². The molecule has 37 heavy (non-hydrogen) atoms. The number of nitrogens with one attached hydrogen (secondary N) is 2. The first-order valence-electron chi connectivity index (χ1n) is 13.3. The molecule has 2 aromatic heterocycles. The number of nitrogens with two attached hydrogens (primary N) is 1. The van der Waals surface area contributed by atoms with Crippen LogP contribution in [0.2, 0.25) is 5.02 Å². The molecule has 0 radical (unpaired) electrons. The summed E-state index contributed by atoms with van der Waals surface area (Å²) in [6.07, 6.45) is 9.74. The van der Waals surface area contributed by atoms with E-state index in [1.807, 2.05) is 13.0 Å². The molecule has 0 bridgehead atoms. The Morgan fingerprint density at radius 3 is 2.49 bits per heavy atom. The van der Waals surface area contributed by atoms with E-state index in [9.17, 15) is 4.39 Å². The van der Waals surface area contributed by atoms with Gasteiger partial charge in [0.1, 0.15) is 5.82 Å². The minimum absolute atomic E-state index is 0.267. The number of hydrogen-bond donors (Lipinski definition) is 3. The molecule has 0 amide bonds. The van der Waals surface area contributed by atoms with E-state index in [1.165, 1.54) is 25.3 Å². The average molecular weight is 536 g/mol. The number of anilines is 2. The molecule has 8 nitrogen and oxygen atoms in total. The van der Waals surface area contributed by atoms with Crippen LogP contribution in [0.4, 0.5) is 16.0 Å². The maximum atomic E-state index is 14.3. The van der Waals surface area contributed by atoms with Crippen LogP contribution < -0.4 is 16.4 Å². The molecule has 2 saturated heterocycles. The van der Waals surface area contributed by atoms with Crippen LogP contribution in [0.1, 0.15) is 51.9 Å². The number of pyridine rings is 2. The molecule has 4 heterocycles. The molecule has 204 valence electrons. The van der Waals surface area contributed by atoms with Crippen LogP contribution in [-0.4, -0.2) is 61.3 Å². The third kappa shape index (κ3) is 8.22. The van der Waals surface area contributed by atoms with E-state index in [0.29, 0.717) is 49.0 Å². The number of hydrogen-bond acceptors (Lipinski definition) is 8. The molecule has 1 saturated carbocycles. The van der Waals surface area contributed by atoms with Gasteiger partial charge in [0.25, 0.3) is 0 Å². The zero-order valence-corrected chi connectivity index (χ0v) is 22.4. The Labute approximate surface area is 223 Å². The number of nitrogens with zero attached hydrogens (tertiary/aromatic N) is 2. The highest BCUT2D eigenvalue weighted by molar-refractivity contribution is 6.33. The van der Waals surface area contributed by atoms with E-state index in [0.717, 1.165) is 50.3 Å². The summed E-state index contributed by atoms with van der Waals surface area (Å²) in [5.41, 5.74) is 6.72. The molecule has 3 aliphatic rings. The van der Waals surface area contributed by atoms with E-state index in [-0.39, 0.29) is 11.6 Å². The lowest BCUT2D eigenvalue weighted by molar-refractivity contribution is -0.132. The Hall–Kier alpha value is -2.04. The van der Waals surface area contributed by atoms with Crippen molar-refractivity contribution >= 4 is 23.2 Å². The highest BCUT2D eigenvalue weighted by Gasteiger charge is 2.28. The Morgan fingerprint density at radius 2 is 1.81 bits per heavy atom. The van der Waals surface area contributed by atoms with Gasteiger partial charge in [0, 0.05) is 44.1 Å². The number of rotatable bonds is 7. The largest absolute Gasteiger partial charge is 0.381 e. The van der Waals surface area contributed by atoms with Crippen molar-refractivity contribution in [1.82, 2.24) is 9.97 Å². The van der Waals surface area contributed by atoms with Crippen molar-refractivity contribution in [2.45, 2.75) is 63.7 Å². The van der Waals surface area contributed by atoms with Gasteiger partial charge in [0.15, 0.2) is 17.4 Å². The molecule has 4 N–H and O–H groups in total. The molecular weight excluding hydrogens is 497 g/mol. The lowest BCUT2D eigenvalue weighted by Gasteiger charge is -2.23. The van der Waals surface area contributed by atoms with E-state index >= 15 is 0 Å². The molecule has 1 aliphatic carbocycles. The van der Waals surface area contributed by atoms with Gasteiger partial charge < -0.3 is 30.6 Å². The van der Waals surface area contributed by atoms with Crippen LogP contribution in [0.5, 0.6) is 0 Å². The minimum atomic E-state index is -0.486. The monoisotopic (exact) mass is 535 g/mol. The van der Waals surface area contributed by atoms with Crippen LogP contribution in [0.15, 0.2) is 24.4 Å². The van der Waals surface area contributed by atoms with Gasteiger partial charge in [0.05, 0.1) is 23.9 Å². The van der Waals surface area contributed by atoms with Crippen molar-refractivity contribution in [3.63, 3.8) is 0 Å². The van der Waals surface area contributed by atoms with Gasteiger partial charge in [-0.1, -0.05) is 30.9 Å². The zero-order valence-electron chi connectivity index (χ0n) is 21.6. The first-order chi connectivity index (χ1) is 18.0. The van der Waals surface area contributed by atoms with Gasteiger partial charge in [-0.3, -0.25) is 0 Å². The quantitative estimate of drug-likeness (QED) is 0.443. The first-order valence-corrected chi connectivity index (χ1v) is 13.7. The lowest BCUT2D eigenvalue weighted by Crippen LogP contribution is -2.35. The van der Waals surface area contributed by atoms with Crippen LogP contribution >= 0.6 is 11.6 Å².